The SMILES string of the molecule is Clc1ccc(Cl)c(CNCCN2CCOCC2)c1Cl. The van der Waals surface area contributed by atoms with Gasteiger partial charge in [0.25, 0.3) is 0 Å². The maximum absolute atomic E-state index is 6.14. The zero-order valence-corrected chi connectivity index (χ0v) is 12.9. The lowest BCUT2D eigenvalue weighted by Crippen LogP contribution is -2.40. The van der Waals surface area contributed by atoms with E-state index in [1.807, 2.05) is 0 Å². The average molecular weight is 324 g/mol. The normalized spacial score (nSPS) is 16.8. The van der Waals surface area contributed by atoms with Gasteiger partial charge in [-0.2, -0.15) is 0 Å². The standard InChI is InChI=1S/C13H17Cl3N2O/c14-11-1-2-12(15)13(16)10(11)9-17-3-4-18-5-7-19-8-6-18/h1-2,17H,3-9H2. The highest BCUT2D eigenvalue weighted by Gasteiger charge is 2.11. The molecule has 1 fully saturated rings. The molecule has 1 aromatic rings. The molecule has 1 saturated heterocycles. The first-order valence-electron chi connectivity index (χ1n) is 6.31. The fraction of sp³-hybridized carbons (Fsp3) is 0.538. The summed E-state index contributed by atoms with van der Waals surface area (Å²) in [5, 5.41) is 5.07. The summed E-state index contributed by atoms with van der Waals surface area (Å²) in [6.45, 7) is 6.17. The molecule has 1 N–H and O–H groups in total. The van der Waals surface area contributed by atoms with Gasteiger partial charge in [0.1, 0.15) is 0 Å². The minimum atomic E-state index is 0.535. The number of nitrogens with zero attached hydrogens (tertiary/aromatic N) is 1. The molecule has 1 heterocycles. The Morgan fingerprint density at radius 2 is 1.79 bits per heavy atom. The van der Waals surface area contributed by atoms with Crippen LogP contribution in [-0.2, 0) is 11.3 Å². The molecule has 106 valence electrons. The van der Waals surface area contributed by atoms with E-state index in [0.717, 1.165) is 45.0 Å². The number of hydrogen-bond donors (Lipinski definition) is 1. The fourth-order valence-corrected chi connectivity index (χ4v) is 2.69. The lowest BCUT2D eigenvalue weighted by molar-refractivity contribution is 0.0384. The highest BCUT2D eigenvalue weighted by Crippen LogP contribution is 2.31. The third-order valence-corrected chi connectivity index (χ3v) is 4.35. The molecule has 0 spiro atoms. The van der Waals surface area contributed by atoms with Gasteiger partial charge in [0.2, 0.25) is 0 Å². The Labute approximate surface area is 128 Å². The first-order chi connectivity index (χ1) is 9.18. The monoisotopic (exact) mass is 322 g/mol. The van der Waals surface area contributed by atoms with Crippen molar-refractivity contribution in [1.29, 1.82) is 0 Å². The zero-order valence-electron chi connectivity index (χ0n) is 10.6. The van der Waals surface area contributed by atoms with Crippen LogP contribution >= 0.6 is 34.8 Å². The Balaban J connectivity index is 1.77. The topological polar surface area (TPSA) is 24.5 Å². The number of ether oxygens (including phenoxy) is 1. The van der Waals surface area contributed by atoms with Crippen molar-refractivity contribution >= 4 is 34.8 Å². The van der Waals surface area contributed by atoms with E-state index in [-0.39, 0.29) is 0 Å². The van der Waals surface area contributed by atoms with Crippen LogP contribution in [0.1, 0.15) is 5.56 Å². The van der Waals surface area contributed by atoms with Crippen LogP contribution in [0.2, 0.25) is 15.1 Å². The predicted octanol–water partition coefficient (Wildman–Crippen LogP) is 3.07. The van der Waals surface area contributed by atoms with Crippen molar-refractivity contribution < 1.29 is 4.74 Å². The molecule has 0 amide bonds. The van der Waals surface area contributed by atoms with E-state index in [1.54, 1.807) is 12.1 Å². The van der Waals surface area contributed by atoms with E-state index in [0.29, 0.717) is 21.6 Å². The highest BCUT2D eigenvalue weighted by atomic mass is 35.5. The summed E-state index contributed by atoms with van der Waals surface area (Å²) < 4.78 is 5.31. The molecular weight excluding hydrogens is 307 g/mol. The molecule has 0 atom stereocenters. The maximum Gasteiger partial charge on any atom is 0.0652 e. The third kappa shape index (κ3) is 4.48. The number of nitrogens with one attached hydrogen (secondary N) is 1. The van der Waals surface area contributed by atoms with Crippen LogP contribution in [0.25, 0.3) is 0 Å². The lowest BCUT2D eigenvalue weighted by atomic mass is 10.2. The molecule has 1 aliphatic heterocycles. The van der Waals surface area contributed by atoms with Gasteiger partial charge < -0.3 is 10.1 Å². The molecule has 19 heavy (non-hydrogen) atoms. The van der Waals surface area contributed by atoms with E-state index >= 15 is 0 Å². The molecule has 3 nitrogen and oxygen atoms in total. The van der Waals surface area contributed by atoms with Crippen molar-refractivity contribution in [3.8, 4) is 0 Å². The smallest absolute Gasteiger partial charge is 0.0652 e. The average Bonchev–Trinajstić information content (AvgIpc) is 2.43. The molecular formula is C13H17Cl3N2O. The molecule has 0 unspecified atom stereocenters. The van der Waals surface area contributed by atoms with Crippen LogP contribution in [0.4, 0.5) is 0 Å². The van der Waals surface area contributed by atoms with E-state index in [2.05, 4.69) is 10.2 Å². The summed E-state index contributed by atoms with van der Waals surface area (Å²) >= 11 is 18.2. The van der Waals surface area contributed by atoms with Crippen molar-refractivity contribution in [3.63, 3.8) is 0 Å². The number of rotatable bonds is 5. The second-order valence-corrected chi connectivity index (χ2v) is 5.64. The van der Waals surface area contributed by atoms with E-state index < -0.39 is 0 Å². The highest BCUT2D eigenvalue weighted by molar-refractivity contribution is 6.44. The van der Waals surface area contributed by atoms with Crippen LogP contribution < -0.4 is 5.32 Å². The van der Waals surface area contributed by atoms with E-state index in [9.17, 15) is 0 Å². The van der Waals surface area contributed by atoms with Crippen LogP contribution in [0.5, 0.6) is 0 Å². The summed E-state index contributed by atoms with van der Waals surface area (Å²) in [6.07, 6.45) is 0. The van der Waals surface area contributed by atoms with Gasteiger partial charge in [-0.25, -0.2) is 0 Å². The maximum atomic E-state index is 6.14. The molecule has 0 bridgehead atoms. The van der Waals surface area contributed by atoms with Gasteiger partial charge in [0.15, 0.2) is 0 Å². The van der Waals surface area contributed by atoms with Gasteiger partial charge in [-0.3, -0.25) is 4.90 Å². The van der Waals surface area contributed by atoms with Gasteiger partial charge in [-0.05, 0) is 12.1 Å². The van der Waals surface area contributed by atoms with Crippen LogP contribution in [-0.4, -0.2) is 44.3 Å². The number of hydrogen-bond acceptors (Lipinski definition) is 3. The number of halogens is 3. The molecule has 0 saturated carbocycles. The van der Waals surface area contributed by atoms with Gasteiger partial charge in [0, 0.05) is 43.3 Å². The number of benzene rings is 1. The Morgan fingerprint density at radius 3 is 2.53 bits per heavy atom. The first kappa shape index (κ1) is 15.4. The summed E-state index contributed by atoms with van der Waals surface area (Å²) in [4.78, 5) is 2.37. The van der Waals surface area contributed by atoms with Crippen LogP contribution in [0.15, 0.2) is 12.1 Å². The Hall–Kier alpha value is -0.0300. The predicted molar refractivity (Wildman–Crippen MR) is 80.4 cm³/mol. The van der Waals surface area contributed by atoms with Crippen molar-refractivity contribution in [2.45, 2.75) is 6.54 Å². The second-order valence-electron chi connectivity index (χ2n) is 4.45. The Kier molecular flexibility index (Phi) is 6.20. The summed E-state index contributed by atoms with van der Waals surface area (Å²) in [5.74, 6) is 0. The first-order valence-corrected chi connectivity index (χ1v) is 7.45. The molecule has 0 radical (unpaired) electrons. The van der Waals surface area contributed by atoms with Gasteiger partial charge >= 0.3 is 0 Å². The van der Waals surface area contributed by atoms with Gasteiger partial charge in [-0.1, -0.05) is 34.8 Å². The molecule has 2 rings (SSSR count). The number of morpholine rings is 1. The summed E-state index contributed by atoms with van der Waals surface area (Å²) in [6, 6.07) is 3.48. The zero-order chi connectivity index (χ0) is 13.7. The minimum Gasteiger partial charge on any atom is -0.379 e. The van der Waals surface area contributed by atoms with E-state index in [1.165, 1.54) is 0 Å². The van der Waals surface area contributed by atoms with Crippen molar-refractivity contribution in [3.05, 3.63) is 32.8 Å². The molecule has 6 heteroatoms. The second kappa shape index (κ2) is 7.67. The molecule has 1 aromatic carbocycles. The van der Waals surface area contributed by atoms with Gasteiger partial charge in [0.05, 0.1) is 23.3 Å². The third-order valence-electron chi connectivity index (χ3n) is 3.15. The Morgan fingerprint density at radius 1 is 1.11 bits per heavy atom. The molecule has 0 aromatic heterocycles. The summed E-state index contributed by atoms with van der Waals surface area (Å²) in [5.41, 5.74) is 0.859. The Bertz CT molecular complexity index is 423. The van der Waals surface area contributed by atoms with E-state index in [4.69, 9.17) is 39.5 Å². The summed E-state index contributed by atoms with van der Waals surface area (Å²) in [7, 11) is 0. The minimum absolute atomic E-state index is 0.535. The van der Waals surface area contributed by atoms with Crippen LogP contribution in [0.3, 0.4) is 0 Å². The molecule has 0 aliphatic carbocycles. The largest absolute Gasteiger partial charge is 0.379 e. The fourth-order valence-electron chi connectivity index (χ4n) is 2.01. The lowest BCUT2D eigenvalue weighted by Gasteiger charge is -2.26. The van der Waals surface area contributed by atoms with Gasteiger partial charge in [-0.15, -0.1) is 0 Å². The molecule has 1 aliphatic rings. The van der Waals surface area contributed by atoms with Crippen LogP contribution in [0, 0.1) is 0 Å². The van der Waals surface area contributed by atoms with Crippen molar-refractivity contribution in [1.82, 2.24) is 10.2 Å². The quantitative estimate of drug-likeness (QED) is 0.666. The van der Waals surface area contributed by atoms with Crippen molar-refractivity contribution in [2.24, 2.45) is 0 Å². The van der Waals surface area contributed by atoms with Crippen molar-refractivity contribution in [2.75, 3.05) is 39.4 Å².